The Hall–Kier alpha value is -1.85. The van der Waals surface area contributed by atoms with E-state index in [0.29, 0.717) is 6.61 Å². The van der Waals surface area contributed by atoms with Crippen molar-refractivity contribution < 1.29 is 28.6 Å². The number of halogens is 1. The SMILES string of the molecule is C=C(O)C(=O)OCC.CCCCCCCCOC(=O)C(C)=CF. The third-order valence-corrected chi connectivity index (χ3v) is 2.73. The first-order valence-corrected chi connectivity index (χ1v) is 7.89. The predicted molar refractivity (Wildman–Crippen MR) is 87.6 cm³/mol. The highest BCUT2D eigenvalue weighted by Crippen LogP contribution is 2.05. The van der Waals surface area contributed by atoms with Crippen LogP contribution in [-0.2, 0) is 19.1 Å². The summed E-state index contributed by atoms with van der Waals surface area (Å²) in [5, 5.41) is 8.28. The fourth-order valence-corrected chi connectivity index (χ4v) is 1.42. The van der Waals surface area contributed by atoms with Crippen molar-refractivity contribution in [1.29, 1.82) is 0 Å². The third kappa shape index (κ3) is 16.3. The predicted octanol–water partition coefficient (Wildman–Crippen LogP) is 4.38. The molecule has 0 aromatic rings. The van der Waals surface area contributed by atoms with Crippen LogP contribution in [0.25, 0.3) is 0 Å². The first-order valence-electron chi connectivity index (χ1n) is 7.89. The van der Waals surface area contributed by atoms with Crippen LogP contribution in [0.2, 0.25) is 0 Å². The maximum Gasteiger partial charge on any atom is 0.372 e. The number of ether oxygens (including phenoxy) is 2. The van der Waals surface area contributed by atoms with Gasteiger partial charge in [-0.1, -0.05) is 39.0 Å². The molecule has 134 valence electrons. The number of rotatable bonds is 10. The molecular formula is C17H29FO5. The fourth-order valence-electron chi connectivity index (χ4n) is 1.42. The highest BCUT2D eigenvalue weighted by molar-refractivity contribution is 5.87. The van der Waals surface area contributed by atoms with Crippen molar-refractivity contribution in [3.05, 3.63) is 24.2 Å². The summed E-state index contributed by atoms with van der Waals surface area (Å²) in [6.45, 7) is 8.85. The van der Waals surface area contributed by atoms with E-state index in [1.807, 2.05) is 0 Å². The Morgan fingerprint density at radius 3 is 2.04 bits per heavy atom. The van der Waals surface area contributed by atoms with Gasteiger partial charge in [-0.25, -0.2) is 14.0 Å². The number of aliphatic hydroxyl groups excluding tert-OH is 1. The van der Waals surface area contributed by atoms with Gasteiger partial charge in [0.1, 0.15) is 0 Å². The monoisotopic (exact) mass is 332 g/mol. The Morgan fingerprint density at radius 1 is 1.04 bits per heavy atom. The summed E-state index contributed by atoms with van der Waals surface area (Å²) in [5.74, 6) is -1.86. The van der Waals surface area contributed by atoms with Crippen LogP contribution in [0.5, 0.6) is 0 Å². The van der Waals surface area contributed by atoms with Crippen molar-refractivity contribution in [3.8, 4) is 0 Å². The molecule has 0 radical (unpaired) electrons. The highest BCUT2D eigenvalue weighted by atomic mass is 19.1. The van der Waals surface area contributed by atoms with E-state index in [0.717, 1.165) is 12.8 Å². The second-order valence-electron chi connectivity index (χ2n) is 4.86. The van der Waals surface area contributed by atoms with Crippen molar-refractivity contribution in [2.75, 3.05) is 13.2 Å². The van der Waals surface area contributed by atoms with E-state index >= 15 is 0 Å². The Bertz CT molecular complexity index is 377. The van der Waals surface area contributed by atoms with Gasteiger partial charge in [-0.3, -0.25) is 0 Å². The normalized spacial score (nSPS) is 10.3. The average molecular weight is 332 g/mol. The molecule has 0 heterocycles. The maximum absolute atomic E-state index is 11.9. The summed E-state index contributed by atoms with van der Waals surface area (Å²) in [6, 6.07) is 0. The van der Waals surface area contributed by atoms with E-state index in [1.54, 1.807) is 6.92 Å². The lowest BCUT2D eigenvalue weighted by Gasteiger charge is -2.03. The van der Waals surface area contributed by atoms with Gasteiger partial charge in [0, 0.05) is 0 Å². The summed E-state index contributed by atoms with van der Waals surface area (Å²) in [7, 11) is 0. The van der Waals surface area contributed by atoms with Crippen LogP contribution in [0.1, 0.15) is 59.3 Å². The van der Waals surface area contributed by atoms with Gasteiger partial charge >= 0.3 is 11.9 Å². The van der Waals surface area contributed by atoms with Gasteiger partial charge in [0.2, 0.25) is 0 Å². The van der Waals surface area contributed by atoms with Crippen LogP contribution in [0.4, 0.5) is 4.39 Å². The molecule has 0 saturated heterocycles. The topological polar surface area (TPSA) is 72.8 Å². The summed E-state index contributed by atoms with van der Waals surface area (Å²) in [4.78, 5) is 21.1. The summed E-state index contributed by atoms with van der Waals surface area (Å²) >= 11 is 0. The van der Waals surface area contributed by atoms with Crippen LogP contribution >= 0.6 is 0 Å². The molecule has 6 heteroatoms. The van der Waals surface area contributed by atoms with Gasteiger partial charge in [-0.2, -0.15) is 0 Å². The van der Waals surface area contributed by atoms with Crippen molar-refractivity contribution >= 4 is 11.9 Å². The van der Waals surface area contributed by atoms with Crippen LogP contribution in [0, 0.1) is 0 Å². The van der Waals surface area contributed by atoms with Gasteiger partial charge in [0.25, 0.3) is 0 Å². The summed E-state index contributed by atoms with van der Waals surface area (Å²) in [6.07, 6.45) is 7.15. The molecule has 0 aliphatic heterocycles. The molecule has 1 N–H and O–H groups in total. The zero-order valence-electron chi connectivity index (χ0n) is 14.4. The minimum atomic E-state index is -0.757. The lowest BCUT2D eigenvalue weighted by molar-refractivity contribution is -0.141. The minimum Gasteiger partial charge on any atom is -0.502 e. The molecule has 0 aromatic carbocycles. The molecule has 0 aromatic heterocycles. The number of esters is 2. The van der Waals surface area contributed by atoms with Gasteiger partial charge in [-0.05, 0) is 26.8 Å². The molecule has 0 atom stereocenters. The molecule has 0 unspecified atom stereocenters. The van der Waals surface area contributed by atoms with Crippen molar-refractivity contribution in [1.82, 2.24) is 0 Å². The quantitative estimate of drug-likeness (QED) is 0.278. The number of carbonyl (C=O) groups excluding carboxylic acids is 2. The smallest absolute Gasteiger partial charge is 0.372 e. The Kier molecular flexibility index (Phi) is 16.8. The van der Waals surface area contributed by atoms with Crippen LogP contribution in [0.3, 0.4) is 0 Å². The Balaban J connectivity index is 0. The largest absolute Gasteiger partial charge is 0.502 e. The third-order valence-electron chi connectivity index (χ3n) is 2.73. The molecule has 5 nitrogen and oxygen atoms in total. The van der Waals surface area contributed by atoms with Gasteiger partial charge in [-0.15, -0.1) is 0 Å². The lowest BCUT2D eigenvalue weighted by atomic mass is 10.1. The summed E-state index contributed by atoms with van der Waals surface area (Å²) < 4.78 is 21.1. The molecule has 0 rings (SSSR count). The molecule has 0 saturated carbocycles. The molecule has 23 heavy (non-hydrogen) atoms. The number of unbranched alkanes of at least 4 members (excludes halogenated alkanes) is 5. The summed E-state index contributed by atoms with van der Waals surface area (Å²) in [5.41, 5.74) is 0.0287. The Labute approximate surface area is 138 Å². The van der Waals surface area contributed by atoms with Crippen LogP contribution < -0.4 is 0 Å². The molecule has 0 aliphatic rings. The molecular weight excluding hydrogens is 303 g/mol. The van der Waals surface area contributed by atoms with E-state index in [1.165, 1.54) is 32.6 Å². The average Bonchev–Trinajstić information content (AvgIpc) is 2.53. The number of hydrogen-bond donors (Lipinski definition) is 1. The molecule has 0 amide bonds. The van der Waals surface area contributed by atoms with Crippen molar-refractivity contribution in [2.24, 2.45) is 0 Å². The highest BCUT2D eigenvalue weighted by Gasteiger charge is 2.04. The molecule has 0 fully saturated rings. The van der Waals surface area contributed by atoms with E-state index < -0.39 is 17.7 Å². The standard InChI is InChI=1S/C12H21FO2.C5H8O3/c1-3-4-5-6-7-8-9-15-12(14)11(2)10-13;1-3-8-5(7)4(2)6/h10H,3-9H2,1-2H3;6H,2-3H2,1H3. The second-order valence-corrected chi connectivity index (χ2v) is 4.86. The Morgan fingerprint density at radius 2 is 1.61 bits per heavy atom. The minimum absolute atomic E-state index is 0.0287. The van der Waals surface area contributed by atoms with Gasteiger partial charge < -0.3 is 14.6 Å². The van der Waals surface area contributed by atoms with E-state index in [9.17, 15) is 14.0 Å². The molecule has 0 aliphatic carbocycles. The zero-order valence-corrected chi connectivity index (χ0v) is 14.4. The van der Waals surface area contributed by atoms with E-state index in [-0.39, 0.29) is 18.5 Å². The number of hydrogen-bond acceptors (Lipinski definition) is 5. The number of carbonyl (C=O) groups is 2. The van der Waals surface area contributed by atoms with Gasteiger partial charge in [0.15, 0.2) is 5.76 Å². The fraction of sp³-hybridized carbons (Fsp3) is 0.647. The first kappa shape index (κ1) is 23.4. The maximum atomic E-state index is 11.9. The lowest BCUT2D eigenvalue weighted by Crippen LogP contribution is -2.06. The zero-order chi connectivity index (χ0) is 18.1. The van der Waals surface area contributed by atoms with Gasteiger partial charge in [0.05, 0.1) is 25.1 Å². The van der Waals surface area contributed by atoms with Crippen LogP contribution in [-0.4, -0.2) is 30.3 Å². The molecule has 0 spiro atoms. The van der Waals surface area contributed by atoms with Crippen molar-refractivity contribution in [2.45, 2.75) is 59.3 Å². The van der Waals surface area contributed by atoms with Crippen molar-refractivity contribution in [3.63, 3.8) is 0 Å². The first-order chi connectivity index (χ1) is 10.9. The second kappa shape index (κ2) is 16.5. The molecule has 0 bridgehead atoms. The van der Waals surface area contributed by atoms with E-state index in [4.69, 9.17) is 9.84 Å². The number of aliphatic hydroxyl groups is 1. The van der Waals surface area contributed by atoms with E-state index in [2.05, 4.69) is 18.2 Å². The van der Waals surface area contributed by atoms with Crippen LogP contribution in [0.15, 0.2) is 24.2 Å².